The van der Waals surface area contributed by atoms with E-state index in [2.05, 4.69) is 5.32 Å². The molecule has 1 fully saturated rings. The fraction of sp³-hybridized carbons (Fsp3) is 0.500. The largest absolute Gasteiger partial charge is 0.478 e. The fourth-order valence-corrected chi connectivity index (χ4v) is 2.76. The number of aromatic carboxylic acids is 1. The van der Waals surface area contributed by atoms with Crippen molar-refractivity contribution in [3.8, 4) is 0 Å². The number of halogens is 1. The molecule has 0 atom stereocenters. The number of nitrogens with zero attached hydrogens (tertiary/aromatic N) is 1. The number of nitro benzene ring substituents is 1. The maximum Gasteiger partial charge on any atom is 0.338 e. The van der Waals surface area contributed by atoms with Gasteiger partial charge in [-0.05, 0) is 19.8 Å². The molecule has 0 unspecified atom stereocenters. The minimum atomic E-state index is -1.52. The number of hydrogen-bond donors (Lipinski definition) is 2. The van der Waals surface area contributed by atoms with E-state index in [1.807, 2.05) is 6.92 Å². The number of carboxylic acid groups (broad SMARTS) is 1. The molecule has 114 valence electrons. The molecule has 0 amide bonds. The Kier molecular flexibility index (Phi) is 4.11. The van der Waals surface area contributed by atoms with E-state index in [1.165, 1.54) is 0 Å². The Hall–Kier alpha value is -2.18. The van der Waals surface area contributed by atoms with Crippen molar-refractivity contribution in [2.24, 2.45) is 0 Å². The summed E-state index contributed by atoms with van der Waals surface area (Å²) in [5.74, 6) is -2.50. The molecular formula is C14H17FN2O4. The third kappa shape index (κ3) is 3.29. The number of nitrogens with one attached hydrogen (secondary N) is 1. The van der Waals surface area contributed by atoms with Gasteiger partial charge < -0.3 is 10.4 Å². The molecule has 2 N–H and O–H groups in total. The lowest BCUT2D eigenvalue weighted by atomic mass is 9.83. The molecule has 0 radical (unpaired) electrons. The summed E-state index contributed by atoms with van der Waals surface area (Å²) >= 11 is 0. The van der Waals surface area contributed by atoms with Crippen molar-refractivity contribution in [1.82, 2.24) is 0 Å². The first kappa shape index (κ1) is 15.2. The lowest BCUT2D eigenvalue weighted by Gasteiger charge is -2.35. The van der Waals surface area contributed by atoms with Crippen molar-refractivity contribution in [2.45, 2.75) is 44.6 Å². The highest BCUT2D eigenvalue weighted by Gasteiger charge is 2.30. The van der Waals surface area contributed by atoms with Crippen LogP contribution in [0, 0.1) is 15.9 Å². The molecule has 1 aromatic rings. The van der Waals surface area contributed by atoms with E-state index in [0.29, 0.717) is 0 Å². The normalized spacial score (nSPS) is 17.2. The highest BCUT2D eigenvalue weighted by Crippen LogP contribution is 2.35. The summed E-state index contributed by atoms with van der Waals surface area (Å²) in [5, 5.41) is 23.0. The maximum atomic E-state index is 13.8. The summed E-state index contributed by atoms with van der Waals surface area (Å²) in [6.07, 6.45) is 4.81. The molecule has 1 aromatic carbocycles. The van der Waals surface area contributed by atoms with Crippen LogP contribution in [0.3, 0.4) is 0 Å². The summed E-state index contributed by atoms with van der Waals surface area (Å²) < 4.78 is 13.8. The molecule has 6 nitrogen and oxygen atoms in total. The summed E-state index contributed by atoms with van der Waals surface area (Å²) in [7, 11) is 0. The van der Waals surface area contributed by atoms with Crippen LogP contribution in [-0.2, 0) is 0 Å². The number of rotatable bonds is 4. The number of nitro groups is 1. The Morgan fingerprint density at radius 1 is 1.38 bits per heavy atom. The van der Waals surface area contributed by atoms with Crippen molar-refractivity contribution in [1.29, 1.82) is 0 Å². The van der Waals surface area contributed by atoms with Gasteiger partial charge >= 0.3 is 5.97 Å². The van der Waals surface area contributed by atoms with Gasteiger partial charge in [0, 0.05) is 17.7 Å². The Bertz CT molecular complexity index is 583. The molecule has 0 bridgehead atoms. The number of anilines is 1. The van der Waals surface area contributed by atoms with E-state index < -0.39 is 28.0 Å². The van der Waals surface area contributed by atoms with Crippen molar-refractivity contribution in [3.05, 3.63) is 33.6 Å². The van der Waals surface area contributed by atoms with Crippen LogP contribution in [0.5, 0.6) is 0 Å². The summed E-state index contributed by atoms with van der Waals surface area (Å²) in [4.78, 5) is 21.3. The zero-order valence-corrected chi connectivity index (χ0v) is 11.7. The van der Waals surface area contributed by atoms with Gasteiger partial charge in [-0.25, -0.2) is 9.18 Å². The first-order valence-electron chi connectivity index (χ1n) is 6.82. The molecule has 7 heteroatoms. The highest BCUT2D eigenvalue weighted by molar-refractivity contribution is 5.90. The van der Waals surface area contributed by atoms with Crippen molar-refractivity contribution < 1.29 is 19.2 Å². The fourth-order valence-electron chi connectivity index (χ4n) is 2.76. The Morgan fingerprint density at radius 3 is 2.52 bits per heavy atom. The lowest BCUT2D eigenvalue weighted by Crippen LogP contribution is -2.37. The molecule has 0 spiro atoms. The molecule has 1 aliphatic carbocycles. The predicted molar refractivity (Wildman–Crippen MR) is 75.1 cm³/mol. The van der Waals surface area contributed by atoms with E-state index in [1.54, 1.807) is 0 Å². The Balaban J connectivity index is 2.40. The number of benzene rings is 1. The number of carboxylic acids is 1. The molecule has 21 heavy (non-hydrogen) atoms. The minimum Gasteiger partial charge on any atom is -0.478 e. The zero-order chi connectivity index (χ0) is 15.6. The minimum absolute atomic E-state index is 0.0342. The van der Waals surface area contributed by atoms with Gasteiger partial charge in [-0.2, -0.15) is 0 Å². The maximum absolute atomic E-state index is 13.8. The van der Waals surface area contributed by atoms with Gasteiger partial charge in [0.25, 0.3) is 5.69 Å². The summed E-state index contributed by atoms with van der Waals surface area (Å²) in [5.41, 5.74) is -1.41. The quantitative estimate of drug-likeness (QED) is 0.654. The molecule has 1 saturated carbocycles. The van der Waals surface area contributed by atoms with Crippen molar-refractivity contribution in [2.75, 3.05) is 5.32 Å². The smallest absolute Gasteiger partial charge is 0.338 e. The van der Waals surface area contributed by atoms with Gasteiger partial charge in [-0.15, -0.1) is 0 Å². The third-order valence-corrected chi connectivity index (χ3v) is 3.91. The van der Waals surface area contributed by atoms with Gasteiger partial charge in [0.15, 0.2) is 0 Å². The second-order valence-electron chi connectivity index (χ2n) is 5.66. The van der Waals surface area contributed by atoms with E-state index in [9.17, 15) is 19.3 Å². The SMILES string of the molecule is CC1(Nc2cc(F)c(C(=O)O)cc2[N+](=O)[O-])CCCCC1. The second-order valence-corrected chi connectivity index (χ2v) is 5.66. The van der Waals surface area contributed by atoms with E-state index >= 15 is 0 Å². The van der Waals surface area contributed by atoms with Gasteiger partial charge in [0.05, 0.1) is 4.92 Å². The molecule has 0 saturated heterocycles. The van der Waals surface area contributed by atoms with Crippen molar-refractivity contribution >= 4 is 17.3 Å². The van der Waals surface area contributed by atoms with E-state index in [0.717, 1.165) is 44.2 Å². The lowest BCUT2D eigenvalue weighted by molar-refractivity contribution is -0.384. The number of carbonyl (C=O) groups is 1. The topological polar surface area (TPSA) is 92.5 Å². The zero-order valence-electron chi connectivity index (χ0n) is 11.7. The van der Waals surface area contributed by atoms with Gasteiger partial charge in [-0.1, -0.05) is 19.3 Å². The third-order valence-electron chi connectivity index (χ3n) is 3.91. The standard InChI is InChI=1S/C14H17FN2O4/c1-14(5-3-2-4-6-14)16-11-8-10(15)9(13(18)19)7-12(11)17(20)21/h7-8,16H,2-6H2,1H3,(H,18,19). The molecule has 2 rings (SSSR count). The molecule has 0 heterocycles. The van der Waals surface area contributed by atoms with Crippen LogP contribution in [0.1, 0.15) is 49.4 Å². The van der Waals surface area contributed by atoms with E-state index in [-0.39, 0.29) is 11.2 Å². The van der Waals surface area contributed by atoms with Crippen LogP contribution < -0.4 is 5.32 Å². The predicted octanol–water partition coefficient (Wildman–Crippen LogP) is 3.57. The number of hydrogen-bond acceptors (Lipinski definition) is 4. The molecule has 1 aliphatic rings. The second kappa shape index (κ2) is 5.67. The van der Waals surface area contributed by atoms with Gasteiger partial charge in [0.2, 0.25) is 0 Å². The average molecular weight is 296 g/mol. The molecule has 0 aliphatic heterocycles. The van der Waals surface area contributed by atoms with E-state index in [4.69, 9.17) is 5.11 Å². The van der Waals surface area contributed by atoms with Crippen LogP contribution in [0.4, 0.5) is 15.8 Å². The van der Waals surface area contributed by atoms with Crippen LogP contribution in [0.25, 0.3) is 0 Å². The molecular weight excluding hydrogens is 279 g/mol. The first-order valence-corrected chi connectivity index (χ1v) is 6.82. The van der Waals surface area contributed by atoms with Gasteiger partial charge in [0.1, 0.15) is 17.1 Å². The first-order chi connectivity index (χ1) is 9.82. The Labute approximate surface area is 121 Å². The van der Waals surface area contributed by atoms with Crippen LogP contribution >= 0.6 is 0 Å². The summed E-state index contributed by atoms with van der Waals surface area (Å²) in [6, 6.07) is 1.67. The molecule has 0 aromatic heterocycles. The average Bonchev–Trinajstić information content (AvgIpc) is 2.38. The van der Waals surface area contributed by atoms with Gasteiger partial charge in [-0.3, -0.25) is 10.1 Å². The van der Waals surface area contributed by atoms with Crippen LogP contribution in [0.15, 0.2) is 12.1 Å². The van der Waals surface area contributed by atoms with Crippen molar-refractivity contribution in [3.63, 3.8) is 0 Å². The highest BCUT2D eigenvalue weighted by atomic mass is 19.1. The van der Waals surface area contributed by atoms with Crippen LogP contribution in [0.2, 0.25) is 0 Å². The van der Waals surface area contributed by atoms with Crippen LogP contribution in [-0.4, -0.2) is 21.5 Å². The summed E-state index contributed by atoms with van der Waals surface area (Å²) in [6.45, 7) is 1.94. The Morgan fingerprint density at radius 2 is 2.00 bits per heavy atom. The monoisotopic (exact) mass is 296 g/mol.